The number of allylic oxidation sites excluding steroid dienone is 8. The molecule has 0 amide bonds. The molecular formula is C43H78NO8P. The van der Waals surface area contributed by atoms with Crippen LogP contribution in [0.2, 0.25) is 0 Å². The van der Waals surface area contributed by atoms with Crippen molar-refractivity contribution in [1.29, 1.82) is 0 Å². The largest absolute Gasteiger partial charge is 0.472 e. The lowest BCUT2D eigenvalue weighted by atomic mass is 10.0. The van der Waals surface area contributed by atoms with Gasteiger partial charge in [0.2, 0.25) is 0 Å². The summed E-state index contributed by atoms with van der Waals surface area (Å²) in [7, 11) is -4.38. The molecule has 0 aromatic carbocycles. The van der Waals surface area contributed by atoms with E-state index in [1.54, 1.807) is 0 Å². The Labute approximate surface area is 324 Å². The summed E-state index contributed by atoms with van der Waals surface area (Å²) < 4.78 is 32.7. The van der Waals surface area contributed by atoms with Crippen molar-refractivity contribution < 1.29 is 37.6 Å². The van der Waals surface area contributed by atoms with Crippen LogP contribution in [0.3, 0.4) is 0 Å². The van der Waals surface area contributed by atoms with Crippen molar-refractivity contribution in [3.63, 3.8) is 0 Å². The van der Waals surface area contributed by atoms with Crippen molar-refractivity contribution >= 4 is 19.8 Å². The van der Waals surface area contributed by atoms with Crippen molar-refractivity contribution in [2.45, 2.75) is 187 Å². The molecule has 10 heteroatoms. The van der Waals surface area contributed by atoms with E-state index >= 15 is 0 Å². The summed E-state index contributed by atoms with van der Waals surface area (Å²) in [6, 6.07) is 0. The van der Waals surface area contributed by atoms with Gasteiger partial charge in [0.15, 0.2) is 6.10 Å². The van der Waals surface area contributed by atoms with E-state index in [9.17, 15) is 19.0 Å². The van der Waals surface area contributed by atoms with Crippen LogP contribution in [0, 0.1) is 0 Å². The van der Waals surface area contributed by atoms with Crippen molar-refractivity contribution in [3.8, 4) is 0 Å². The fraction of sp³-hybridized carbons (Fsp3) is 0.767. The minimum atomic E-state index is -4.38. The van der Waals surface area contributed by atoms with Crippen LogP contribution in [0.4, 0.5) is 0 Å². The highest BCUT2D eigenvalue weighted by molar-refractivity contribution is 7.47. The lowest BCUT2D eigenvalue weighted by Crippen LogP contribution is -2.29. The number of carbonyl (C=O) groups excluding carboxylic acids is 2. The Bertz CT molecular complexity index is 1010. The molecule has 0 fully saturated rings. The number of hydrogen-bond donors (Lipinski definition) is 2. The summed E-state index contributed by atoms with van der Waals surface area (Å²) in [5.74, 6) is -0.853. The maximum absolute atomic E-state index is 12.6. The third-order valence-corrected chi connectivity index (χ3v) is 9.81. The van der Waals surface area contributed by atoms with Gasteiger partial charge in [-0.2, -0.15) is 0 Å². The Hall–Kier alpha value is -2.03. The average Bonchev–Trinajstić information content (AvgIpc) is 3.14. The third kappa shape index (κ3) is 39.5. The van der Waals surface area contributed by atoms with E-state index < -0.39 is 26.5 Å². The first-order valence-electron chi connectivity index (χ1n) is 21.2. The molecule has 308 valence electrons. The minimum absolute atomic E-state index is 0.0482. The second kappa shape index (κ2) is 39.7. The zero-order chi connectivity index (χ0) is 38.9. The maximum Gasteiger partial charge on any atom is 0.472 e. The summed E-state index contributed by atoms with van der Waals surface area (Å²) in [6.45, 7) is 3.57. The van der Waals surface area contributed by atoms with E-state index in [1.165, 1.54) is 89.9 Å². The number of ether oxygens (including phenoxy) is 2. The van der Waals surface area contributed by atoms with Gasteiger partial charge in [-0.1, -0.05) is 184 Å². The minimum Gasteiger partial charge on any atom is -0.462 e. The first-order valence-corrected chi connectivity index (χ1v) is 22.7. The molecule has 0 spiro atoms. The molecule has 0 heterocycles. The van der Waals surface area contributed by atoms with Crippen LogP contribution in [0.15, 0.2) is 48.6 Å². The summed E-state index contributed by atoms with van der Waals surface area (Å²) in [4.78, 5) is 34.8. The first kappa shape index (κ1) is 51.0. The van der Waals surface area contributed by atoms with Crippen molar-refractivity contribution in [3.05, 3.63) is 48.6 Å². The van der Waals surface area contributed by atoms with Gasteiger partial charge >= 0.3 is 19.8 Å². The molecule has 0 bridgehead atoms. The molecule has 0 aromatic heterocycles. The number of hydrogen-bond acceptors (Lipinski definition) is 8. The number of unbranched alkanes of at least 4 members (excludes halogenated alkanes) is 21. The van der Waals surface area contributed by atoms with E-state index in [-0.39, 0.29) is 38.6 Å². The highest BCUT2D eigenvalue weighted by Crippen LogP contribution is 2.43. The number of phosphoric acid groups is 1. The molecule has 9 nitrogen and oxygen atoms in total. The van der Waals surface area contributed by atoms with Crippen LogP contribution in [0.25, 0.3) is 0 Å². The Balaban J connectivity index is 4.18. The fourth-order valence-corrected chi connectivity index (χ4v) is 6.47. The second-order valence-corrected chi connectivity index (χ2v) is 15.4. The molecule has 0 radical (unpaired) electrons. The van der Waals surface area contributed by atoms with Gasteiger partial charge in [-0.15, -0.1) is 0 Å². The monoisotopic (exact) mass is 768 g/mol. The van der Waals surface area contributed by atoms with Crippen molar-refractivity contribution in [2.75, 3.05) is 26.4 Å². The number of nitrogens with two attached hydrogens (primary N) is 1. The topological polar surface area (TPSA) is 134 Å². The van der Waals surface area contributed by atoms with E-state index in [1.807, 2.05) is 30.4 Å². The zero-order valence-electron chi connectivity index (χ0n) is 33.7. The molecule has 0 saturated carbocycles. The maximum atomic E-state index is 12.6. The lowest BCUT2D eigenvalue weighted by molar-refractivity contribution is -0.161. The number of esters is 2. The zero-order valence-corrected chi connectivity index (χ0v) is 34.6. The van der Waals surface area contributed by atoms with Gasteiger partial charge in [-0.05, 0) is 32.1 Å². The summed E-state index contributed by atoms with van der Waals surface area (Å²) >= 11 is 0. The van der Waals surface area contributed by atoms with Gasteiger partial charge in [-0.3, -0.25) is 18.6 Å². The first-order chi connectivity index (χ1) is 25.8. The van der Waals surface area contributed by atoms with Gasteiger partial charge in [0.25, 0.3) is 0 Å². The van der Waals surface area contributed by atoms with E-state index in [4.69, 9.17) is 24.3 Å². The lowest BCUT2D eigenvalue weighted by Gasteiger charge is -2.19. The molecule has 0 aromatic rings. The van der Waals surface area contributed by atoms with Gasteiger partial charge in [-0.25, -0.2) is 4.57 Å². The van der Waals surface area contributed by atoms with Gasteiger partial charge in [0.05, 0.1) is 13.2 Å². The summed E-state index contributed by atoms with van der Waals surface area (Å²) in [5, 5.41) is 0. The second-order valence-electron chi connectivity index (χ2n) is 13.9. The van der Waals surface area contributed by atoms with Crippen LogP contribution in [0.1, 0.15) is 181 Å². The van der Waals surface area contributed by atoms with Crippen molar-refractivity contribution in [2.24, 2.45) is 5.73 Å². The van der Waals surface area contributed by atoms with Crippen LogP contribution in [-0.2, 0) is 32.7 Å². The van der Waals surface area contributed by atoms with Crippen LogP contribution in [0.5, 0.6) is 0 Å². The SMILES string of the molecule is CC/C=C/C=C/C=C/C=C/CCCCCCCC(=O)O[C@H](COC(=O)CCCCCCCCCCCCCCCCCCC)COP(=O)(O)OCCN. The van der Waals surface area contributed by atoms with E-state index in [0.29, 0.717) is 6.42 Å². The molecule has 1 unspecified atom stereocenters. The Morgan fingerprint density at radius 2 is 1.04 bits per heavy atom. The predicted octanol–water partition coefficient (Wildman–Crippen LogP) is 11.9. The third-order valence-electron chi connectivity index (χ3n) is 8.82. The molecule has 3 N–H and O–H groups in total. The van der Waals surface area contributed by atoms with E-state index in [2.05, 4.69) is 32.1 Å². The molecule has 0 aliphatic carbocycles. The highest BCUT2D eigenvalue weighted by Gasteiger charge is 2.26. The average molecular weight is 768 g/mol. The Morgan fingerprint density at radius 1 is 0.585 bits per heavy atom. The quantitative estimate of drug-likeness (QED) is 0.0271. The molecule has 0 aliphatic rings. The van der Waals surface area contributed by atoms with Gasteiger partial charge in [0, 0.05) is 19.4 Å². The standard InChI is InChI=1S/C43H78NO8P/c1-3-5-7-9-11-13-15-17-19-20-22-23-25-27-29-31-33-35-42(45)49-39-41(40-51-53(47,48)50-38-37-44)52-43(46)36-34-32-30-28-26-24-21-18-16-14-12-10-8-6-4-2/h6,8,10,12,14,16,18,21,41H,3-5,7,9,11,13,15,17,19-20,22-40,44H2,1-2H3,(H,47,48)/b8-6+,12-10+,16-14+,21-18+/t41-/m1/s1. The van der Waals surface area contributed by atoms with Crippen LogP contribution < -0.4 is 5.73 Å². The highest BCUT2D eigenvalue weighted by atomic mass is 31.2. The molecule has 0 aliphatic heterocycles. The molecule has 2 atom stereocenters. The Kier molecular flexibility index (Phi) is 38.1. The number of rotatable bonds is 39. The smallest absolute Gasteiger partial charge is 0.462 e. The normalized spacial score (nSPS) is 13.8. The van der Waals surface area contributed by atoms with Crippen molar-refractivity contribution in [1.82, 2.24) is 0 Å². The molecular weight excluding hydrogens is 689 g/mol. The molecule has 0 saturated heterocycles. The van der Waals surface area contributed by atoms with E-state index in [0.717, 1.165) is 57.8 Å². The molecule has 0 rings (SSSR count). The van der Waals surface area contributed by atoms with Gasteiger partial charge < -0.3 is 20.1 Å². The fourth-order valence-electron chi connectivity index (χ4n) is 5.70. The molecule has 53 heavy (non-hydrogen) atoms. The van der Waals surface area contributed by atoms with Crippen LogP contribution in [-0.4, -0.2) is 49.3 Å². The van der Waals surface area contributed by atoms with Gasteiger partial charge in [0.1, 0.15) is 6.61 Å². The number of phosphoric ester groups is 1. The van der Waals surface area contributed by atoms with Crippen LogP contribution >= 0.6 is 7.82 Å². The Morgan fingerprint density at radius 3 is 1.55 bits per heavy atom. The summed E-state index contributed by atoms with van der Waals surface area (Å²) in [6.07, 6.45) is 44.2. The number of carbonyl (C=O) groups is 2. The predicted molar refractivity (Wildman–Crippen MR) is 220 cm³/mol. The summed E-state index contributed by atoms with van der Waals surface area (Å²) in [5.41, 5.74) is 5.34.